The molecule has 0 saturated carbocycles. The zero-order valence-corrected chi connectivity index (χ0v) is 17.5. The van der Waals surface area contributed by atoms with E-state index < -0.39 is 5.60 Å². The first-order valence-electron chi connectivity index (χ1n) is 9.06. The van der Waals surface area contributed by atoms with E-state index in [0.29, 0.717) is 13.1 Å². The van der Waals surface area contributed by atoms with Gasteiger partial charge in [0.2, 0.25) is 0 Å². The molecule has 1 aromatic rings. The number of guanidine groups is 1. The fourth-order valence-corrected chi connectivity index (χ4v) is 3.75. The van der Waals surface area contributed by atoms with E-state index in [0.717, 1.165) is 36.0 Å². The highest BCUT2D eigenvalue weighted by atomic mass is 32.1. The van der Waals surface area contributed by atoms with Gasteiger partial charge in [-0.2, -0.15) is 0 Å². The Labute approximate surface area is 160 Å². The van der Waals surface area contributed by atoms with Gasteiger partial charge in [-0.05, 0) is 47.5 Å². The largest absolute Gasteiger partial charge is 0.444 e. The molecule has 2 heterocycles. The number of nitrogens with one attached hydrogen (secondary N) is 2. The molecule has 1 amide bonds. The quantitative estimate of drug-likeness (QED) is 0.622. The molecular weight excluding hydrogens is 350 g/mol. The van der Waals surface area contributed by atoms with Crippen molar-refractivity contribution < 1.29 is 9.53 Å². The number of carbonyl (C=O) groups is 1. The molecule has 2 rings (SSSR count). The summed E-state index contributed by atoms with van der Waals surface area (Å²) < 4.78 is 5.49. The van der Waals surface area contributed by atoms with Gasteiger partial charge >= 0.3 is 6.09 Å². The topological polar surface area (TPSA) is 78.9 Å². The first-order chi connectivity index (χ1) is 12.2. The second kappa shape index (κ2) is 8.70. The van der Waals surface area contributed by atoms with Gasteiger partial charge in [-0.25, -0.2) is 9.78 Å². The van der Waals surface area contributed by atoms with Crippen molar-refractivity contribution in [1.82, 2.24) is 20.5 Å². The van der Waals surface area contributed by atoms with Crippen LogP contribution in [0.2, 0.25) is 0 Å². The summed E-state index contributed by atoms with van der Waals surface area (Å²) >= 11 is 1.70. The van der Waals surface area contributed by atoms with Crippen LogP contribution in [-0.2, 0) is 11.3 Å². The average Bonchev–Trinajstić information content (AvgIpc) is 2.87. The Morgan fingerprint density at radius 2 is 2.15 bits per heavy atom. The first-order valence-corrected chi connectivity index (χ1v) is 9.87. The van der Waals surface area contributed by atoms with E-state index in [1.54, 1.807) is 23.3 Å². The summed E-state index contributed by atoms with van der Waals surface area (Å²) in [7, 11) is 1.76. The van der Waals surface area contributed by atoms with Gasteiger partial charge in [-0.1, -0.05) is 0 Å². The van der Waals surface area contributed by atoms with Crippen molar-refractivity contribution in [2.75, 3.05) is 20.1 Å². The number of amides is 1. The summed E-state index contributed by atoms with van der Waals surface area (Å²) in [6.45, 7) is 11.8. The predicted octanol–water partition coefficient (Wildman–Crippen LogP) is 2.82. The van der Waals surface area contributed by atoms with Crippen LogP contribution >= 0.6 is 11.3 Å². The number of rotatable bonds is 3. The highest BCUT2D eigenvalue weighted by Crippen LogP contribution is 2.17. The third-order valence-corrected chi connectivity index (χ3v) is 5.13. The normalized spacial score (nSPS) is 18.6. The van der Waals surface area contributed by atoms with Gasteiger partial charge in [0.15, 0.2) is 5.96 Å². The molecule has 8 heteroatoms. The molecule has 1 saturated heterocycles. The third-order valence-electron chi connectivity index (χ3n) is 4.05. The molecule has 2 N–H and O–H groups in total. The van der Waals surface area contributed by atoms with E-state index >= 15 is 0 Å². The molecular formula is C18H31N5O2S. The lowest BCUT2D eigenvalue weighted by Gasteiger charge is -2.35. The van der Waals surface area contributed by atoms with E-state index in [4.69, 9.17) is 4.74 Å². The first kappa shape index (κ1) is 20.5. The van der Waals surface area contributed by atoms with E-state index in [1.807, 2.05) is 34.6 Å². The summed E-state index contributed by atoms with van der Waals surface area (Å²) in [5.41, 5.74) is 0.587. The lowest BCUT2D eigenvalue weighted by atomic mass is 10.1. The number of nitrogens with zero attached hydrogens (tertiary/aromatic N) is 3. The summed E-state index contributed by atoms with van der Waals surface area (Å²) in [5.74, 6) is 0.742. The molecule has 0 radical (unpaired) electrons. The number of carbonyl (C=O) groups excluding carboxylic acids is 1. The van der Waals surface area contributed by atoms with Gasteiger partial charge in [0, 0.05) is 31.1 Å². The minimum absolute atomic E-state index is 0.159. The van der Waals surface area contributed by atoms with Crippen molar-refractivity contribution in [3.8, 4) is 0 Å². The molecule has 0 spiro atoms. The molecule has 26 heavy (non-hydrogen) atoms. The zero-order chi connectivity index (χ0) is 19.3. The van der Waals surface area contributed by atoms with E-state index in [9.17, 15) is 4.79 Å². The van der Waals surface area contributed by atoms with Crippen molar-refractivity contribution in [1.29, 1.82) is 0 Å². The average molecular weight is 382 g/mol. The van der Waals surface area contributed by atoms with Crippen LogP contribution in [0.15, 0.2) is 4.99 Å². The minimum atomic E-state index is -0.472. The lowest BCUT2D eigenvalue weighted by Crippen LogP contribution is -2.53. The second-order valence-corrected chi connectivity index (χ2v) is 8.86. The van der Waals surface area contributed by atoms with E-state index in [2.05, 4.69) is 20.6 Å². The van der Waals surface area contributed by atoms with Crippen molar-refractivity contribution >= 4 is 23.4 Å². The smallest absolute Gasteiger partial charge is 0.410 e. The van der Waals surface area contributed by atoms with Gasteiger partial charge in [0.1, 0.15) is 5.60 Å². The lowest BCUT2D eigenvalue weighted by molar-refractivity contribution is 0.0193. The number of thiazole rings is 1. The van der Waals surface area contributed by atoms with Crippen LogP contribution < -0.4 is 10.6 Å². The standard InChI is InChI=1S/C18H31N5O2S/c1-12-15(26-13(2)21-12)10-20-16(19-6)22-14-8-7-9-23(11-14)17(24)25-18(3,4)5/h14H,7-11H2,1-6H3,(H2,19,20,22). The maximum atomic E-state index is 12.3. The molecule has 1 aliphatic heterocycles. The highest BCUT2D eigenvalue weighted by Gasteiger charge is 2.28. The number of aromatic nitrogens is 1. The fourth-order valence-electron chi connectivity index (χ4n) is 2.88. The van der Waals surface area contributed by atoms with Crippen LogP contribution in [0.1, 0.15) is 49.2 Å². The SMILES string of the molecule is CN=C(NCc1sc(C)nc1C)NC1CCCN(C(=O)OC(C)(C)C)C1. The molecule has 0 aromatic carbocycles. The Morgan fingerprint density at radius 1 is 1.42 bits per heavy atom. The Bertz CT molecular complexity index is 650. The van der Waals surface area contributed by atoms with Crippen LogP contribution in [0, 0.1) is 13.8 Å². The Kier molecular flexibility index (Phi) is 6.86. The molecule has 7 nitrogen and oxygen atoms in total. The summed E-state index contributed by atoms with van der Waals surface area (Å²) in [6, 6.07) is 0.159. The molecule has 1 unspecified atom stereocenters. The van der Waals surface area contributed by atoms with Crippen LogP contribution in [0.3, 0.4) is 0 Å². The van der Waals surface area contributed by atoms with Crippen LogP contribution in [-0.4, -0.2) is 53.7 Å². The predicted molar refractivity (Wildman–Crippen MR) is 106 cm³/mol. The Hall–Kier alpha value is -1.83. The van der Waals surface area contributed by atoms with Crippen LogP contribution in [0.4, 0.5) is 4.79 Å². The number of aryl methyl sites for hydroxylation is 2. The van der Waals surface area contributed by atoms with Crippen molar-refractivity contribution in [2.24, 2.45) is 4.99 Å². The number of hydrogen-bond donors (Lipinski definition) is 2. The minimum Gasteiger partial charge on any atom is -0.444 e. The number of ether oxygens (including phenoxy) is 1. The third kappa shape index (κ3) is 6.16. The maximum absolute atomic E-state index is 12.3. The highest BCUT2D eigenvalue weighted by molar-refractivity contribution is 7.11. The molecule has 1 aliphatic rings. The Morgan fingerprint density at radius 3 is 2.73 bits per heavy atom. The molecule has 1 aromatic heterocycles. The van der Waals surface area contributed by atoms with Crippen molar-refractivity contribution in [3.05, 3.63) is 15.6 Å². The van der Waals surface area contributed by atoms with Crippen LogP contribution in [0.25, 0.3) is 0 Å². The summed E-state index contributed by atoms with van der Waals surface area (Å²) in [6.07, 6.45) is 1.70. The molecule has 0 aliphatic carbocycles. The second-order valence-electron chi connectivity index (χ2n) is 7.58. The monoisotopic (exact) mass is 381 g/mol. The van der Waals surface area contributed by atoms with Crippen LogP contribution in [0.5, 0.6) is 0 Å². The van der Waals surface area contributed by atoms with Gasteiger partial charge in [-0.15, -0.1) is 11.3 Å². The van der Waals surface area contributed by atoms with E-state index in [1.165, 1.54) is 4.88 Å². The number of hydrogen-bond acceptors (Lipinski definition) is 5. The molecule has 1 atom stereocenters. The maximum Gasteiger partial charge on any atom is 0.410 e. The van der Waals surface area contributed by atoms with Gasteiger partial charge in [0.25, 0.3) is 0 Å². The summed E-state index contributed by atoms with van der Waals surface area (Å²) in [5, 5.41) is 7.84. The number of likely N-dealkylation sites (tertiary alicyclic amines) is 1. The molecule has 146 valence electrons. The molecule has 1 fully saturated rings. The van der Waals surface area contributed by atoms with Gasteiger partial charge < -0.3 is 20.3 Å². The number of aliphatic imine (C=N–C) groups is 1. The zero-order valence-electron chi connectivity index (χ0n) is 16.7. The van der Waals surface area contributed by atoms with Gasteiger partial charge in [-0.3, -0.25) is 4.99 Å². The molecule has 0 bridgehead atoms. The van der Waals surface area contributed by atoms with Crippen molar-refractivity contribution in [3.63, 3.8) is 0 Å². The van der Waals surface area contributed by atoms with Crippen molar-refractivity contribution in [2.45, 2.75) is 65.6 Å². The van der Waals surface area contributed by atoms with E-state index in [-0.39, 0.29) is 12.1 Å². The Balaban J connectivity index is 1.87. The number of piperidine rings is 1. The van der Waals surface area contributed by atoms with Gasteiger partial charge in [0.05, 0.1) is 17.2 Å². The fraction of sp³-hybridized carbons (Fsp3) is 0.722. The summed E-state index contributed by atoms with van der Waals surface area (Å²) in [4.78, 5) is 24.0.